The highest BCUT2D eigenvalue weighted by atomic mass is 16.3. The Balaban J connectivity index is 1.79. The Bertz CT molecular complexity index is 905. The number of phenolic OH excluding ortho intramolecular Hbond substituents is 2. The first kappa shape index (κ1) is 13.4. The van der Waals surface area contributed by atoms with Gasteiger partial charge in [0.05, 0.1) is 23.4 Å². The molecule has 2 amide bonds. The maximum Gasteiger partial charge on any atom is 0.322 e. The van der Waals surface area contributed by atoms with Crippen LogP contribution in [0.25, 0.3) is 11.0 Å². The molecule has 2 heterocycles. The highest BCUT2D eigenvalue weighted by Gasteiger charge is 2.34. The second kappa shape index (κ2) is 4.91. The van der Waals surface area contributed by atoms with Crippen molar-refractivity contribution in [2.45, 2.75) is 6.04 Å². The maximum atomic E-state index is 12.3. The van der Waals surface area contributed by atoms with Crippen molar-refractivity contribution in [2.75, 3.05) is 11.4 Å². The Morgan fingerprint density at radius 1 is 1.17 bits per heavy atom. The third-order valence-corrected chi connectivity index (χ3v) is 4.03. The van der Waals surface area contributed by atoms with Crippen LogP contribution in [0.1, 0.15) is 11.6 Å². The molecular weight excluding hydrogens is 296 g/mol. The van der Waals surface area contributed by atoms with Crippen LogP contribution in [0.5, 0.6) is 11.5 Å². The molecule has 0 saturated carbocycles. The summed E-state index contributed by atoms with van der Waals surface area (Å²) in [6.07, 6.45) is 1.60. The molecule has 4 rings (SSSR count). The van der Waals surface area contributed by atoms with Crippen molar-refractivity contribution in [3.05, 3.63) is 48.3 Å². The molecule has 116 valence electrons. The summed E-state index contributed by atoms with van der Waals surface area (Å²) < 4.78 is 0. The summed E-state index contributed by atoms with van der Waals surface area (Å²) in [6, 6.07) is 9.29. The number of fused-ring (bicyclic) bond motifs is 1. The molecule has 1 atom stereocenters. The Morgan fingerprint density at radius 2 is 2.04 bits per heavy atom. The average molecular weight is 310 g/mol. The fourth-order valence-electron chi connectivity index (χ4n) is 2.94. The lowest BCUT2D eigenvalue weighted by Crippen LogP contribution is -2.29. The fourth-order valence-corrected chi connectivity index (χ4v) is 2.94. The molecule has 2 aromatic carbocycles. The topological polar surface area (TPSA) is 101 Å². The Labute approximate surface area is 131 Å². The largest absolute Gasteiger partial charge is 0.508 e. The van der Waals surface area contributed by atoms with Gasteiger partial charge in [-0.25, -0.2) is 9.78 Å². The Kier molecular flexibility index (Phi) is 2.87. The van der Waals surface area contributed by atoms with Crippen molar-refractivity contribution in [3.8, 4) is 11.5 Å². The van der Waals surface area contributed by atoms with Gasteiger partial charge in [-0.3, -0.25) is 4.90 Å². The number of nitrogens with one attached hydrogen (secondary N) is 2. The Morgan fingerprint density at radius 3 is 2.87 bits per heavy atom. The van der Waals surface area contributed by atoms with Crippen LogP contribution in [0.4, 0.5) is 10.5 Å². The van der Waals surface area contributed by atoms with Gasteiger partial charge in [0.2, 0.25) is 0 Å². The number of anilines is 1. The lowest BCUT2D eigenvalue weighted by Gasteiger charge is -2.24. The molecular formula is C16H14N4O3. The van der Waals surface area contributed by atoms with E-state index in [1.165, 1.54) is 12.1 Å². The highest BCUT2D eigenvalue weighted by Crippen LogP contribution is 2.36. The van der Waals surface area contributed by atoms with Gasteiger partial charge in [-0.2, -0.15) is 0 Å². The minimum atomic E-state index is -0.358. The number of nitrogens with zero attached hydrogens (tertiary/aromatic N) is 2. The second-order valence-electron chi connectivity index (χ2n) is 5.42. The molecule has 4 N–H and O–H groups in total. The SMILES string of the molecule is O=C1NCC(c2ccc(O)cc2O)N1c1ccc2nc[nH]c2c1. The summed E-state index contributed by atoms with van der Waals surface area (Å²) in [5.74, 6) is -0.0620. The lowest BCUT2D eigenvalue weighted by atomic mass is 10.0. The fraction of sp³-hybridized carbons (Fsp3) is 0.125. The van der Waals surface area contributed by atoms with Crippen LogP contribution >= 0.6 is 0 Å². The number of benzene rings is 2. The summed E-state index contributed by atoms with van der Waals surface area (Å²) in [7, 11) is 0. The monoisotopic (exact) mass is 310 g/mol. The number of H-pyrrole nitrogens is 1. The minimum Gasteiger partial charge on any atom is -0.508 e. The summed E-state index contributed by atoms with van der Waals surface area (Å²) >= 11 is 0. The van der Waals surface area contributed by atoms with Crippen molar-refractivity contribution in [1.82, 2.24) is 15.3 Å². The van der Waals surface area contributed by atoms with Crippen LogP contribution < -0.4 is 10.2 Å². The predicted octanol–water partition coefficient (Wildman–Crippen LogP) is 2.25. The first-order chi connectivity index (χ1) is 11.1. The van der Waals surface area contributed by atoms with E-state index in [0.29, 0.717) is 17.8 Å². The van der Waals surface area contributed by atoms with Crippen molar-refractivity contribution in [2.24, 2.45) is 0 Å². The smallest absolute Gasteiger partial charge is 0.322 e. The first-order valence-electron chi connectivity index (χ1n) is 7.15. The molecule has 1 aliphatic heterocycles. The molecule has 0 bridgehead atoms. The number of carbonyl (C=O) groups excluding carboxylic acids is 1. The molecule has 0 radical (unpaired) electrons. The van der Waals surface area contributed by atoms with Crippen LogP contribution in [0.15, 0.2) is 42.7 Å². The quantitative estimate of drug-likeness (QED) is 0.583. The molecule has 7 nitrogen and oxygen atoms in total. The number of hydrogen-bond donors (Lipinski definition) is 4. The molecule has 0 aliphatic carbocycles. The Hall–Kier alpha value is -3.22. The van der Waals surface area contributed by atoms with Gasteiger partial charge in [-0.05, 0) is 30.3 Å². The van der Waals surface area contributed by atoms with Gasteiger partial charge in [0.25, 0.3) is 0 Å². The number of aromatic hydroxyl groups is 2. The molecule has 1 aliphatic rings. The zero-order valence-electron chi connectivity index (χ0n) is 12.0. The van der Waals surface area contributed by atoms with Gasteiger partial charge in [0.15, 0.2) is 0 Å². The van der Waals surface area contributed by atoms with Crippen LogP contribution in [-0.2, 0) is 0 Å². The zero-order chi connectivity index (χ0) is 16.0. The zero-order valence-corrected chi connectivity index (χ0v) is 12.0. The predicted molar refractivity (Wildman–Crippen MR) is 84.5 cm³/mol. The van der Waals surface area contributed by atoms with E-state index in [9.17, 15) is 15.0 Å². The van der Waals surface area contributed by atoms with E-state index in [-0.39, 0.29) is 23.6 Å². The van der Waals surface area contributed by atoms with Crippen molar-refractivity contribution < 1.29 is 15.0 Å². The first-order valence-corrected chi connectivity index (χ1v) is 7.15. The van der Waals surface area contributed by atoms with Crippen molar-refractivity contribution in [1.29, 1.82) is 0 Å². The number of carbonyl (C=O) groups is 1. The molecule has 0 spiro atoms. The number of aromatic amines is 1. The van der Waals surface area contributed by atoms with Crippen molar-refractivity contribution >= 4 is 22.8 Å². The number of phenols is 2. The summed E-state index contributed by atoms with van der Waals surface area (Å²) in [4.78, 5) is 21.0. The maximum absolute atomic E-state index is 12.3. The van der Waals surface area contributed by atoms with Crippen LogP contribution in [-0.4, -0.2) is 32.8 Å². The van der Waals surface area contributed by atoms with Gasteiger partial charge < -0.3 is 20.5 Å². The molecule has 1 unspecified atom stereocenters. The van der Waals surface area contributed by atoms with Crippen LogP contribution in [0, 0.1) is 0 Å². The van der Waals surface area contributed by atoms with E-state index in [2.05, 4.69) is 15.3 Å². The molecule has 1 saturated heterocycles. The average Bonchev–Trinajstić information content (AvgIpc) is 3.13. The summed E-state index contributed by atoms with van der Waals surface area (Å²) in [5, 5.41) is 22.3. The van der Waals surface area contributed by atoms with E-state index in [4.69, 9.17) is 0 Å². The highest BCUT2D eigenvalue weighted by molar-refractivity contribution is 5.97. The molecule has 23 heavy (non-hydrogen) atoms. The third kappa shape index (κ3) is 2.13. The molecule has 3 aromatic rings. The second-order valence-corrected chi connectivity index (χ2v) is 5.42. The van der Waals surface area contributed by atoms with Gasteiger partial charge in [-0.15, -0.1) is 0 Å². The van der Waals surface area contributed by atoms with Gasteiger partial charge >= 0.3 is 6.03 Å². The van der Waals surface area contributed by atoms with Crippen LogP contribution in [0.2, 0.25) is 0 Å². The van der Waals surface area contributed by atoms with Crippen molar-refractivity contribution in [3.63, 3.8) is 0 Å². The number of aromatic nitrogens is 2. The van der Waals surface area contributed by atoms with Gasteiger partial charge in [-0.1, -0.05) is 0 Å². The lowest BCUT2D eigenvalue weighted by molar-refractivity contribution is 0.251. The minimum absolute atomic E-state index is 0.0195. The van der Waals surface area contributed by atoms with E-state index in [0.717, 1.165) is 11.0 Å². The normalized spacial score (nSPS) is 17.7. The van der Waals surface area contributed by atoms with E-state index in [1.54, 1.807) is 17.3 Å². The third-order valence-electron chi connectivity index (χ3n) is 4.03. The number of imidazole rings is 1. The van der Waals surface area contributed by atoms with E-state index >= 15 is 0 Å². The summed E-state index contributed by atoms with van der Waals surface area (Å²) in [5.41, 5.74) is 2.92. The number of urea groups is 1. The molecule has 7 heteroatoms. The van der Waals surface area contributed by atoms with E-state index in [1.807, 2.05) is 18.2 Å². The van der Waals surface area contributed by atoms with Gasteiger partial charge in [0, 0.05) is 23.9 Å². The number of amides is 2. The van der Waals surface area contributed by atoms with Crippen LogP contribution in [0.3, 0.4) is 0 Å². The van der Waals surface area contributed by atoms with Gasteiger partial charge in [0.1, 0.15) is 11.5 Å². The number of rotatable bonds is 2. The standard InChI is InChI=1S/C16H14N4O3/c21-10-2-3-11(15(22)6-10)14-7-17-16(23)20(14)9-1-4-12-13(5-9)19-8-18-12/h1-6,8,14,21-22H,7H2,(H,17,23)(H,18,19). The van der Waals surface area contributed by atoms with E-state index < -0.39 is 0 Å². The summed E-state index contributed by atoms with van der Waals surface area (Å²) in [6.45, 7) is 0.373. The number of hydrogen-bond acceptors (Lipinski definition) is 4. The molecule has 1 fully saturated rings. The molecule has 1 aromatic heterocycles.